The lowest BCUT2D eigenvalue weighted by Gasteiger charge is -2.33. The van der Waals surface area contributed by atoms with E-state index in [0.717, 1.165) is 24.9 Å². The van der Waals surface area contributed by atoms with E-state index in [1.54, 1.807) is 24.6 Å². The number of aromatic nitrogens is 2. The van der Waals surface area contributed by atoms with E-state index in [9.17, 15) is 14.7 Å². The molecule has 1 fully saturated rings. The third-order valence-electron chi connectivity index (χ3n) is 7.48. The molecule has 8 nitrogen and oxygen atoms in total. The molecule has 0 amide bonds. The zero-order chi connectivity index (χ0) is 26.3. The van der Waals surface area contributed by atoms with E-state index < -0.39 is 5.97 Å². The van der Waals surface area contributed by atoms with E-state index in [1.807, 2.05) is 31.2 Å². The van der Waals surface area contributed by atoms with Gasteiger partial charge in [-0.1, -0.05) is 25.5 Å². The van der Waals surface area contributed by atoms with Crippen LogP contribution in [0.15, 0.2) is 39.5 Å². The Morgan fingerprint density at radius 1 is 1.24 bits per heavy atom. The standard InChI is InChI=1S/C29H33N3O5/c1-5-18-15-19-25(34)23(28-30-21-12-7-8-13-22(21)31(28)4)27(29(35)36-6-2)37-26(19)20(24(18)33)16-32-14-10-9-11-17(32)3/h7-8,12-13,15,17,33H,5-6,9-11,14,16H2,1-4H3. The Hall–Kier alpha value is -3.65. The van der Waals surface area contributed by atoms with Crippen LogP contribution in [-0.2, 0) is 24.8 Å². The Kier molecular flexibility index (Phi) is 6.77. The van der Waals surface area contributed by atoms with Crippen LogP contribution in [0.4, 0.5) is 0 Å². The van der Waals surface area contributed by atoms with Crippen LogP contribution in [0.5, 0.6) is 5.75 Å². The summed E-state index contributed by atoms with van der Waals surface area (Å²) in [5, 5.41) is 11.6. The lowest BCUT2D eigenvalue weighted by atomic mass is 9.97. The predicted octanol–water partition coefficient (Wildman–Crippen LogP) is 5.17. The summed E-state index contributed by atoms with van der Waals surface area (Å²) < 4.78 is 13.4. The van der Waals surface area contributed by atoms with Gasteiger partial charge in [0.2, 0.25) is 11.2 Å². The van der Waals surface area contributed by atoms with Gasteiger partial charge in [0, 0.05) is 19.6 Å². The molecule has 1 N–H and O–H groups in total. The Labute approximate surface area is 215 Å². The first kappa shape index (κ1) is 25.0. The quantitative estimate of drug-likeness (QED) is 0.363. The minimum atomic E-state index is -0.736. The molecule has 1 saturated heterocycles. The van der Waals surface area contributed by atoms with Crippen molar-refractivity contribution >= 4 is 28.0 Å². The number of imidazole rings is 1. The van der Waals surface area contributed by atoms with Gasteiger partial charge in [-0.3, -0.25) is 9.69 Å². The number of para-hydroxylation sites is 2. The molecule has 194 valence electrons. The van der Waals surface area contributed by atoms with Crippen molar-refractivity contribution in [3.63, 3.8) is 0 Å². The van der Waals surface area contributed by atoms with Crippen LogP contribution in [0.3, 0.4) is 0 Å². The molecule has 1 unspecified atom stereocenters. The van der Waals surface area contributed by atoms with E-state index in [1.165, 1.54) is 6.42 Å². The molecule has 1 aliphatic heterocycles. The summed E-state index contributed by atoms with van der Waals surface area (Å²) in [4.78, 5) is 34.3. The smallest absolute Gasteiger partial charge is 0.375 e. The fraction of sp³-hybridized carbons (Fsp3) is 0.414. The zero-order valence-corrected chi connectivity index (χ0v) is 21.8. The number of rotatable bonds is 6. The third kappa shape index (κ3) is 4.29. The Bertz CT molecular complexity index is 1550. The molecule has 0 saturated carbocycles. The Morgan fingerprint density at radius 2 is 2.03 bits per heavy atom. The monoisotopic (exact) mass is 503 g/mol. The highest BCUT2D eigenvalue weighted by Crippen LogP contribution is 2.36. The number of piperidine rings is 1. The summed E-state index contributed by atoms with van der Waals surface area (Å²) >= 11 is 0. The number of phenolic OH excluding ortho intramolecular Hbond substituents is 1. The average molecular weight is 504 g/mol. The van der Waals surface area contributed by atoms with Crippen molar-refractivity contribution < 1.29 is 19.1 Å². The van der Waals surface area contributed by atoms with Gasteiger partial charge in [-0.2, -0.15) is 0 Å². The lowest BCUT2D eigenvalue weighted by Crippen LogP contribution is -2.36. The maximum absolute atomic E-state index is 14.2. The molecule has 37 heavy (non-hydrogen) atoms. The second-order valence-electron chi connectivity index (χ2n) is 9.75. The summed E-state index contributed by atoms with van der Waals surface area (Å²) in [6, 6.07) is 9.55. The molecule has 8 heteroatoms. The molecule has 0 spiro atoms. The van der Waals surface area contributed by atoms with Crippen LogP contribution >= 0.6 is 0 Å². The Balaban J connectivity index is 1.82. The highest BCUT2D eigenvalue weighted by atomic mass is 16.5. The second-order valence-corrected chi connectivity index (χ2v) is 9.75. The molecular weight excluding hydrogens is 470 g/mol. The van der Waals surface area contributed by atoms with Crippen LogP contribution in [0, 0.1) is 0 Å². The number of ether oxygens (including phenoxy) is 1. The number of carbonyl (C=O) groups is 1. The van der Waals surface area contributed by atoms with E-state index in [2.05, 4.69) is 16.8 Å². The van der Waals surface area contributed by atoms with Gasteiger partial charge >= 0.3 is 5.97 Å². The lowest BCUT2D eigenvalue weighted by molar-refractivity contribution is 0.0491. The van der Waals surface area contributed by atoms with Crippen molar-refractivity contribution in [2.45, 2.75) is 59.0 Å². The molecule has 4 aromatic rings. The maximum atomic E-state index is 14.2. The molecule has 1 atom stereocenters. The predicted molar refractivity (Wildman–Crippen MR) is 143 cm³/mol. The van der Waals surface area contributed by atoms with Crippen LogP contribution in [0.25, 0.3) is 33.4 Å². The fourth-order valence-electron chi connectivity index (χ4n) is 5.37. The van der Waals surface area contributed by atoms with Crippen LogP contribution in [0.2, 0.25) is 0 Å². The van der Waals surface area contributed by atoms with Gasteiger partial charge in [0.1, 0.15) is 22.7 Å². The average Bonchev–Trinajstić information content (AvgIpc) is 3.22. The molecule has 3 heterocycles. The second kappa shape index (κ2) is 10.0. The van der Waals surface area contributed by atoms with Gasteiger partial charge in [-0.25, -0.2) is 9.78 Å². The van der Waals surface area contributed by atoms with Crippen molar-refractivity contribution in [3.05, 3.63) is 57.4 Å². The van der Waals surface area contributed by atoms with Crippen LogP contribution in [0.1, 0.15) is 61.7 Å². The molecule has 1 aliphatic rings. The number of benzene rings is 2. The van der Waals surface area contributed by atoms with Gasteiger partial charge in [0.25, 0.3) is 0 Å². The summed E-state index contributed by atoms with van der Waals surface area (Å²) in [5.74, 6) is -0.493. The van der Waals surface area contributed by atoms with E-state index in [0.29, 0.717) is 46.9 Å². The first-order chi connectivity index (χ1) is 17.8. The largest absolute Gasteiger partial charge is 0.507 e. The normalized spacial score (nSPS) is 16.5. The number of esters is 1. The third-order valence-corrected chi connectivity index (χ3v) is 7.48. The zero-order valence-electron chi connectivity index (χ0n) is 21.8. The number of carbonyl (C=O) groups excluding carboxylic acids is 1. The number of hydrogen-bond acceptors (Lipinski definition) is 7. The van der Waals surface area contributed by atoms with Crippen molar-refractivity contribution in [1.29, 1.82) is 0 Å². The molecular formula is C29H33N3O5. The first-order valence-electron chi connectivity index (χ1n) is 13.0. The topological polar surface area (TPSA) is 97.8 Å². The van der Waals surface area contributed by atoms with E-state index in [4.69, 9.17) is 9.15 Å². The Morgan fingerprint density at radius 3 is 2.73 bits per heavy atom. The highest BCUT2D eigenvalue weighted by Gasteiger charge is 2.30. The fourth-order valence-corrected chi connectivity index (χ4v) is 5.37. The number of hydrogen-bond donors (Lipinski definition) is 1. The van der Waals surface area contributed by atoms with Crippen LogP contribution in [-0.4, -0.2) is 44.7 Å². The number of fused-ring (bicyclic) bond motifs is 2. The van der Waals surface area contributed by atoms with Gasteiger partial charge < -0.3 is 18.8 Å². The van der Waals surface area contributed by atoms with Crippen LogP contribution < -0.4 is 5.43 Å². The summed E-state index contributed by atoms with van der Waals surface area (Å²) in [6.07, 6.45) is 3.86. The van der Waals surface area contributed by atoms with Crippen molar-refractivity contribution in [1.82, 2.24) is 14.5 Å². The van der Waals surface area contributed by atoms with Crippen molar-refractivity contribution in [2.24, 2.45) is 7.05 Å². The van der Waals surface area contributed by atoms with E-state index >= 15 is 0 Å². The summed E-state index contributed by atoms with van der Waals surface area (Å²) in [7, 11) is 1.81. The van der Waals surface area contributed by atoms with Gasteiger partial charge in [0.15, 0.2) is 0 Å². The first-order valence-corrected chi connectivity index (χ1v) is 13.0. The number of likely N-dealkylation sites (tertiary alicyclic amines) is 1. The molecule has 2 aromatic carbocycles. The maximum Gasteiger partial charge on any atom is 0.375 e. The number of aromatic hydroxyl groups is 1. The number of phenols is 1. The molecule has 5 rings (SSSR count). The van der Waals surface area contributed by atoms with Crippen molar-refractivity contribution in [3.8, 4) is 17.1 Å². The van der Waals surface area contributed by atoms with E-state index in [-0.39, 0.29) is 34.7 Å². The van der Waals surface area contributed by atoms with Gasteiger partial charge in [-0.15, -0.1) is 0 Å². The van der Waals surface area contributed by atoms with Gasteiger partial charge in [0.05, 0.1) is 28.6 Å². The molecule has 0 aliphatic carbocycles. The summed E-state index contributed by atoms with van der Waals surface area (Å²) in [6.45, 7) is 7.26. The molecule has 0 radical (unpaired) electrons. The minimum Gasteiger partial charge on any atom is -0.507 e. The molecule has 0 bridgehead atoms. The SMILES string of the molecule is CCOC(=O)c1oc2c(CN3CCCCC3C)c(O)c(CC)cc2c(=O)c1-c1nc2ccccc2n1C. The van der Waals surface area contributed by atoms with Crippen molar-refractivity contribution in [2.75, 3.05) is 13.2 Å². The minimum absolute atomic E-state index is 0.0645. The van der Waals surface area contributed by atoms with Gasteiger partial charge in [-0.05, 0) is 63.4 Å². The molecule has 2 aromatic heterocycles. The number of aryl methyl sites for hydroxylation is 2. The number of nitrogens with zero attached hydrogens (tertiary/aromatic N) is 3. The highest BCUT2D eigenvalue weighted by molar-refractivity contribution is 5.98. The summed E-state index contributed by atoms with van der Waals surface area (Å²) in [5.41, 5.74) is 2.64.